The van der Waals surface area contributed by atoms with Crippen LogP contribution < -0.4 is 10.3 Å². The molecule has 1 aromatic carbocycles. The molecule has 3 rings (SSSR count). The number of aliphatic carboxylic acids is 1. The molecule has 1 aromatic heterocycles. The molecule has 5 atom stereocenters. The SMILES string of the molecule is O=C(O)C1OC(Oc2ccc3[nH]c(=O)ccc3c2)C(O)C(O)C1O. The lowest BCUT2D eigenvalue weighted by atomic mass is 9.99. The molecular weight excluding hydrogens is 322 g/mol. The molecule has 1 fully saturated rings. The maximum atomic E-state index is 11.2. The molecule has 5 unspecified atom stereocenters. The number of pyridine rings is 1. The van der Waals surface area contributed by atoms with E-state index in [1.807, 2.05) is 0 Å². The van der Waals surface area contributed by atoms with Gasteiger partial charge in [-0.05, 0) is 24.3 Å². The summed E-state index contributed by atoms with van der Waals surface area (Å²) in [4.78, 5) is 24.9. The lowest BCUT2D eigenvalue weighted by Gasteiger charge is -2.38. The Hall–Kier alpha value is -2.46. The normalized spacial score (nSPS) is 30.2. The van der Waals surface area contributed by atoms with Crippen LogP contribution in [0.15, 0.2) is 35.1 Å². The van der Waals surface area contributed by atoms with Crippen molar-refractivity contribution in [3.8, 4) is 5.75 Å². The van der Waals surface area contributed by atoms with E-state index in [-0.39, 0.29) is 11.3 Å². The fraction of sp³-hybridized carbons (Fsp3) is 0.333. The number of aromatic amines is 1. The fourth-order valence-electron chi connectivity index (χ4n) is 2.49. The number of aliphatic hydroxyl groups excluding tert-OH is 3. The Morgan fingerprint density at radius 1 is 1.08 bits per heavy atom. The molecule has 2 heterocycles. The minimum Gasteiger partial charge on any atom is -0.479 e. The molecule has 9 heteroatoms. The molecule has 0 saturated carbocycles. The number of H-pyrrole nitrogens is 1. The van der Waals surface area contributed by atoms with Crippen molar-refractivity contribution in [3.05, 3.63) is 40.7 Å². The van der Waals surface area contributed by atoms with E-state index in [1.54, 1.807) is 18.2 Å². The minimum atomic E-state index is -1.78. The Kier molecular flexibility index (Phi) is 4.24. The van der Waals surface area contributed by atoms with E-state index in [2.05, 4.69) is 4.98 Å². The first-order valence-corrected chi connectivity index (χ1v) is 7.09. The summed E-state index contributed by atoms with van der Waals surface area (Å²) in [7, 11) is 0. The summed E-state index contributed by atoms with van der Waals surface area (Å²) in [5.41, 5.74) is 0.308. The maximum Gasteiger partial charge on any atom is 0.335 e. The van der Waals surface area contributed by atoms with Crippen molar-refractivity contribution >= 4 is 16.9 Å². The van der Waals surface area contributed by atoms with Gasteiger partial charge in [0.25, 0.3) is 0 Å². The number of carboxylic acids is 1. The summed E-state index contributed by atoms with van der Waals surface area (Å²) in [5, 5.41) is 38.9. The molecule has 128 valence electrons. The molecule has 0 spiro atoms. The van der Waals surface area contributed by atoms with Crippen LogP contribution in [0.1, 0.15) is 0 Å². The molecule has 0 radical (unpaired) electrons. The highest BCUT2D eigenvalue weighted by atomic mass is 16.7. The molecule has 2 aromatic rings. The predicted molar refractivity (Wildman–Crippen MR) is 79.5 cm³/mol. The molecule has 1 aliphatic heterocycles. The summed E-state index contributed by atoms with van der Waals surface area (Å²) in [5.74, 6) is -1.26. The van der Waals surface area contributed by atoms with E-state index in [9.17, 15) is 24.9 Å². The van der Waals surface area contributed by atoms with Crippen LogP contribution >= 0.6 is 0 Å². The number of benzene rings is 1. The van der Waals surface area contributed by atoms with Gasteiger partial charge in [-0.15, -0.1) is 0 Å². The van der Waals surface area contributed by atoms with Gasteiger partial charge in [0, 0.05) is 17.0 Å². The molecule has 9 nitrogen and oxygen atoms in total. The van der Waals surface area contributed by atoms with Crippen LogP contribution in [0.2, 0.25) is 0 Å². The van der Waals surface area contributed by atoms with E-state index in [0.717, 1.165) is 0 Å². The zero-order valence-corrected chi connectivity index (χ0v) is 12.2. The topological polar surface area (TPSA) is 149 Å². The van der Waals surface area contributed by atoms with Gasteiger partial charge in [0.05, 0.1) is 0 Å². The van der Waals surface area contributed by atoms with Gasteiger partial charge in [-0.3, -0.25) is 4.79 Å². The molecular formula is C15H15NO8. The van der Waals surface area contributed by atoms with Gasteiger partial charge >= 0.3 is 5.97 Å². The summed E-state index contributed by atoms with van der Waals surface area (Å²) in [6, 6.07) is 7.51. The third kappa shape index (κ3) is 2.97. The Morgan fingerprint density at radius 2 is 1.83 bits per heavy atom. The van der Waals surface area contributed by atoms with Crippen molar-refractivity contribution in [1.82, 2.24) is 4.98 Å². The largest absolute Gasteiger partial charge is 0.479 e. The smallest absolute Gasteiger partial charge is 0.335 e. The maximum absolute atomic E-state index is 11.2. The van der Waals surface area contributed by atoms with Gasteiger partial charge in [0.1, 0.15) is 24.1 Å². The standard InChI is InChI=1S/C15H15NO8/c17-9-4-1-6-5-7(2-3-8(6)16-9)23-15-12(20)10(18)11(19)13(24-15)14(21)22/h1-5,10-13,15,18-20H,(H,16,17)(H,21,22). The van der Waals surface area contributed by atoms with Gasteiger partial charge in [-0.1, -0.05) is 0 Å². The van der Waals surface area contributed by atoms with Crippen molar-refractivity contribution in [1.29, 1.82) is 0 Å². The van der Waals surface area contributed by atoms with Gasteiger partial charge in [-0.25, -0.2) is 4.79 Å². The molecule has 0 amide bonds. The highest BCUT2D eigenvalue weighted by Crippen LogP contribution is 2.26. The first-order valence-electron chi connectivity index (χ1n) is 7.09. The van der Waals surface area contributed by atoms with E-state index in [0.29, 0.717) is 10.9 Å². The number of rotatable bonds is 3. The first-order chi connectivity index (χ1) is 11.4. The molecule has 5 N–H and O–H groups in total. The molecule has 0 bridgehead atoms. The molecule has 24 heavy (non-hydrogen) atoms. The van der Waals surface area contributed by atoms with E-state index in [4.69, 9.17) is 14.6 Å². The highest BCUT2D eigenvalue weighted by molar-refractivity contribution is 5.79. The van der Waals surface area contributed by atoms with Gasteiger partial charge in [-0.2, -0.15) is 0 Å². The van der Waals surface area contributed by atoms with Crippen LogP contribution in [0.3, 0.4) is 0 Å². The number of aromatic nitrogens is 1. The highest BCUT2D eigenvalue weighted by Gasteiger charge is 2.48. The Bertz CT molecular complexity index is 818. The predicted octanol–water partition coefficient (Wildman–Crippen LogP) is -1.20. The number of hydrogen-bond donors (Lipinski definition) is 5. The monoisotopic (exact) mass is 337 g/mol. The second kappa shape index (κ2) is 6.21. The minimum absolute atomic E-state index is 0.228. The second-order valence-corrected chi connectivity index (χ2v) is 5.42. The third-order valence-corrected chi connectivity index (χ3v) is 3.76. The van der Waals surface area contributed by atoms with E-state index >= 15 is 0 Å². The number of carboxylic acid groups (broad SMARTS) is 1. The lowest BCUT2D eigenvalue weighted by Crippen LogP contribution is -2.61. The first kappa shape index (κ1) is 16.4. The summed E-state index contributed by atoms with van der Waals surface area (Å²) in [6.07, 6.45) is -8.36. The van der Waals surface area contributed by atoms with Crippen molar-refractivity contribution in [2.45, 2.75) is 30.7 Å². The molecule has 1 aliphatic rings. The molecule has 0 aliphatic carbocycles. The molecule has 1 saturated heterocycles. The zero-order chi connectivity index (χ0) is 17.4. The van der Waals surface area contributed by atoms with Crippen LogP contribution in [0.25, 0.3) is 10.9 Å². The Labute approximate surface area is 134 Å². The van der Waals surface area contributed by atoms with Gasteiger partial charge in [0.15, 0.2) is 6.10 Å². The van der Waals surface area contributed by atoms with Crippen molar-refractivity contribution in [2.24, 2.45) is 0 Å². The number of carbonyl (C=O) groups is 1. The number of fused-ring (bicyclic) bond motifs is 1. The van der Waals surface area contributed by atoms with Gasteiger partial charge in [0.2, 0.25) is 11.8 Å². The number of aliphatic hydroxyl groups is 3. The van der Waals surface area contributed by atoms with Gasteiger partial charge < -0.3 is 34.9 Å². The van der Waals surface area contributed by atoms with Crippen LogP contribution in [0.5, 0.6) is 5.75 Å². The summed E-state index contributed by atoms with van der Waals surface area (Å²) >= 11 is 0. The van der Waals surface area contributed by atoms with Crippen LogP contribution in [-0.4, -0.2) is 62.1 Å². The average Bonchev–Trinajstić information content (AvgIpc) is 2.55. The van der Waals surface area contributed by atoms with Crippen molar-refractivity contribution in [2.75, 3.05) is 0 Å². The Morgan fingerprint density at radius 3 is 2.54 bits per heavy atom. The zero-order valence-electron chi connectivity index (χ0n) is 12.2. The van der Waals surface area contributed by atoms with Crippen molar-refractivity contribution < 1.29 is 34.7 Å². The van der Waals surface area contributed by atoms with Crippen LogP contribution in [0.4, 0.5) is 0 Å². The summed E-state index contributed by atoms with van der Waals surface area (Å²) in [6.45, 7) is 0. The van der Waals surface area contributed by atoms with Crippen LogP contribution in [0, 0.1) is 0 Å². The number of nitrogens with one attached hydrogen (secondary N) is 1. The average molecular weight is 337 g/mol. The van der Waals surface area contributed by atoms with Crippen LogP contribution in [-0.2, 0) is 9.53 Å². The summed E-state index contributed by atoms with van der Waals surface area (Å²) < 4.78 is 10.4. The number of hydrogen-bond acceptors (Lipinski definition) is 7. The quantitative estimate of drug-likeness (QED) is 0.469. The lowest BCUT2D eigenvalue weighted by molar-refractivity contribution is -0.271. The third-order valence-electron chi connectivity index (χ3n) is 3.76. The van der Waals surface area contributed by atoms with E-state index < -0.39 is 36.7 Å². The van der Waals surface area contributed by atoms with Crippen molar-refractivity contribution in [3.63, 3.8) is 0 Å². The second-order valence-electron chi connectivity index (χ2n) is 5.42. The fourth-order valence-corrected chi connectivity index (χ4v) is 2.49. The van der Waals surface area contributed by atoms with E-state index in [1.165, 1.54) is 12.1 Å². The number of ether oxygens (including phenoxy) is 2. The Balaban J connectivity index is 1.85.